The molecule has 0 radical (unpaired) electrons. The van der Waals surface area contributed by atoms with Gasteiger partial charge in [0.2, 0.25) is 0 Å². The Bertz CT molecular complexity index is 758. The maximum Gasteiger partial charge on any atom is 0.0564 e. The first-order chi connectivity index (χ1) is 14.8. The zero-order valence-corrected chi connectivity index (χ0v) is 21.4. The standard InChI is InChI=1S/C27H44N2OS/c1-6-7-8-20(2)28-25(13-18-29-16-11-23(30)12-17-29)24-19-26(31-21(24)3)22-9-14-27(4,5)15-10-22/h8,19,22-23,30H,6-7,9-18H2,1-5H3/b20-8+,28-25?. The molecule has 3 nitrogen and oxygen atoms in total. The topological polar surface area (TPSA) is 35.8 Å². The Morgan fingerprint density at radius 1 is 1.23 bits per heavy atom. The van der Waals surface area contributed by atoms with Gasteiger partial charge in [0.1, 0.15) is 0 Å². The van der Waals surface area contributed by atoms with Crippen molar-refractivity contribution in [3.05, 3.63) is 33.2 Å². The monoisotopic (exact) mass is 444 g/mol. The molecule has 1 saturated heterocycles. The van der Waals surface area contributed by atoms with E-state index in [2.05, 4.69) is 51.7 Å². The number of likely N-dealkylation sites (tertiary alicyclic amines) is 1. The zero-order valence-electron chi connectivity index (χ0n) is 20.5. The Morgan fingerprint density at radius 2 is 1.90 bits per heavy atom. The van der Waals surface area contributed by atoms with Crippen LogP contribution in [0.25, 0.3) is 0 Å². The van der Waals surface area contributed by atoms with Gasteiger partial charge in [-0.1, -0.05) is 33.3 Å². The van der Waals surface area contributed by atoms with E-state index in [1.165, 1.54) is 41.8 Å². The highest BCUT2D eigenvalue weighted by molar-refractivity contribution is 7.12. The van der Waals surface area contributed by atoms with Crippen molar-refractivity contribution in [3.8, 4) is 0 Å². The van der Waals surface area contributed by atoms with Crippen LogP contribution in [0, 0.1) is 12.3 Å². The van der Waals surface area contributed by atoms with Gasteiger partial charge >= 0.3 is 0 Å². The lowest BCUT2D eigenvalue weighted by Crippen LogP contribution is -2.37. The Kier molecular flexibility index (Phi) is 8.95. The molecule has 1 aromatic heterocycles. The van der Waals surface area contributed by atoms with Gasteiger partial charge in [-0.25, -0.2) is 0 Å². The van der Waals surface area contributed by atoms with Gasteiger partial charge in [0.25, 0.3) is 0 Å². The molecule has 1 aromatic rings. The number of aryl methyl sites for hydroxylation is 1. The van der Waals surface area contributed by atoms with Crippen LogP contribution in [0.15, 0.2) is 22.8 Å². The molecule has 0 amide bonds. The van der Waals surface area contributed by atoms with E-state index in [4.69, 9.17) is 4.99 Å². The van der Waals surface area contributed by atoms with Crippen molar-refractivity contribution >= 4 is 17.0 Å². The predicted octanol–water partition coefficient (Wildman–Crippen LogP) is 7.08. The molecule has 0 unspecified atom stereocenters. The molecule has 0 aromatic carbocycles. The molecule has 1 N–H and O–H groups in total. The minimum atomic E-state index is -0.106. The van der Waals surface area contributed by atoms with Crippen LogP contribution < -0.4 is 0 Å². The van der Waals surface area contributed by atoms with Crippen LogP contribution in [0.3, 0.4) is 0 Å². The summed E-state index contributed by atoms with van der Waals surface area (Å²) in [4.78, 5) is 10.6. The molecule has 4 heteroatoms. The summed E-state index contributed by atoms with van der Waals surface area (Å²) in [6.45, 7) is 14.5. The fraction of sp³-hybridized carbons (Fsp3) is 0.741. The van der Waals surface area contributed by atoms with E-state index in [0.29, 0.717) is 5.41 Å². The first-order valence-electron chi connectivity index (χ1n) is 12.5. The highest BCUT2D eigenvalue weighted by atomic mass is 32.1. The highest BCUT2D eigenvalue weighted by Crippen LogP contribution is 2.44. The molecule has 2 aliphatic rings. The van der Waals surface area contributed by atoms with E-state index in [-0.39, 0.29) is 6.10 Å². The molecule has 2 fully saturated rings. The molecule has 0 atom stereocenters. The third kappa shape index (κ3) is 7.27. The van der Waals surface area contributed by atoms with Crippen LogP contribution in [0.5, 0.6) is 0 Å². The number of rotatable bonds is 8. The lowest BCUT2D eigenvalue weighted by molar-refractivity contribution is 0.0840. The highest BCUT2D eigenvalue weighted by Gasteiger charge is 2.29. The minimum absolute atomic E-state index is 0.106. The average Bonchev–Trinajstić information content (AvgIpc) is 3.12. The van der Waals surface area contributed by atoms with E-state index in [0.717, 1.165) is 63.4 Å². The van der Waals surface area contributed by atoms with Crippen molar-refractivity contribution < 1.29 is 5.11 Å². The van der Waals surface area contributed by atoms with E-state index >= 15 is 0 Å². The van der Waals surface area contributed by atoms with Gasteiger partial charge < -0.3 is 10.0 Å². The number of hydrogen-bond donors (Lipinski definition) is 1. The van der Waals surface area contributed by atoms with Crippen LogP contribution >= 0.6 is 11.3 Å². The summed E-state index contributed by atoms with van der Waals surface area (Å²) in [6.07, 6.45) is 12.6. The number of aliphatic hydroxyl groups is 1. The number of nitrogens with zero attached hydrogens (tertiary/aromatic N) is 2. The van der Waals surface area contributed by atoms with Gasteiger partial charge in [0.05, 0.1) is 11.8 Å². The first-order valence-corrected chi connectivity index (χ1v) is 13.3. The average molecular weight is 445 g/mol. The van der Waals surface area contributed by atoms with Crippen molar-refractivity contribution in [1.29, 1.82) is 0 Å². The van der Waals surface area contributed by atoms with Crippen LogP contribution in [0.2, 0.25) is 0 Å². The number of hydrogen-bond acceptors (Lipinski definition) is 4. The largest absolute Gasteiger partial charge is 0.393 e. The normalized spacial score (nSPS) is 22.3. The summed E-state index contributed by atoms with van der Waals surface area (Å²) in [5, 5.41) is 9.82. The lowest BCUT2D eigenvalue weighted by atomic mass is 9.73. The third-order valence-electron chi connectivity index (χ3n) is 7.25. The van der Waals surface area contributed by atoms with E-state index < -0.39 is 0 Å². The maximum atomic E-state index is 9.82. The quantitative estimate of drug-likeness (QED) is 0.435. The molecule has 0 spiro atoms. The van der Waals surface area contributed by atoms with Crippen LogP contribution in [-0.4, -0.2) is 41.5 Å². The van der Waals surface area contributed by atoms with Gasteiger partial charge in [-0.05, 0) is 76.2 Å². The second kappa shape index (κ2) is 11.2. The summed E-state index contributed by atoms with van der Waals surface area (Å²) < 4.78 is 0. The summed E-state index contributed by atoms with van der Waals surface area (Å²) >= 11 is 2.01. The van der Waals surface area contributed by atoms with Gasteiger partial charge in [0.15, 0.2) is 0 Å². The Labute approximate surface area is 194 Å². The van der Waals surface area contributed by atoms with Crippen molar-refractivity contribution in [3.63, 3.8) is 0 Å². The zero-order chi connectivity index (χ0) is 22.4. The minimum Gasteiger partial charge on any atom is -0.393 e. The second-order valence-electron chi connectivity index (χ2n) is 10.6. The lowest BCUT2D eigenvalue weighted by Gasteiger charge is -2.33. The smallest absolute Gasteiger partial charge is 0.0564 e. The molecule has 1 aliphatic heterocycles. The van der Waals surface area contributed by atoms with Gasteiger partial charge in [-0.3, -0.25) is 4.99 Å². The van der Waals surface area contributed by atoms with Crippen LogP contribution in [-0.2, 0) is 0 Å². The van der Waals surface area contributed by atoms with Gasteiger partial charge in [-0.2, -0.15) is 0 Å². The van der Waals surface area contributed by atoms with E-state index in [1.807, 2.05) is 11.3 Å². The molecule has 174 valence electrons. The number of aliphatic hydroxyl groups excluding tert-OH is 1. The van der Waals surface area contributed by atoms with E-state index in [9.17, 15) is 5.11 Å². The fourth-order valence-corrected chi connectivity index (χ4v) is 6.17. The fourth-order valence-electron chi connectivity index (χ4n) is 4.95. The van der Waals surface area contributed by atoms with Crippen molar-refractivity contribution in [1.82, 2.24) is 4.90 Å². The number of aliphatic imine (C=N–C) groups is 1. The van der Waals surface area contributed by atoms with Gasteiger partial charge in [0, 0.05) is 47.1 Å². The number of allylic oxidation sites excluding steroid dienone is 2. The molecule has 0 bridgehead atoms. The molecular formula is C27H44N2OS. The molecule has 1 aliphatic carbocycles. The summed E-state index contributed by atoms with van der Waals surface area (Å²) in [5.41, 5.74) is 4.30. The van der Waals surface area contributed by atoms with E-state index in [1.54, 1.807) is 4.88 Å². The second-order valence-corrected chi connectivity index (χ2v) is 11.9. The van der Waals surface area contributed by atoms with Crippen LogP contribution in [0.1, 0.15) is 107 Å². The molecule has 31 heavy (non-hydrogen) atoms. The number of piperidine rings is 1. The SMILES string of the molecule is CCC/C=C(\C)N=C(CCN1CCC(O)CC1)c1cc(C2CCC(C)(C)CC2)sc1C. The molecule has 3 rings (SSSR count). The molecule has 1 saturated carbocycles. The Morgan fingerprint density at radius 3 is 2.55 bits per heavy atom. The number of thiophene rings is 1. The Balaban J connectivity index is 1.76. The van der Waals surface area contributed by atoms with Crippen molar-refractivity contribution in [2.75, 3.05) is 19.6 Å². The summed E-state index contributed by atoms with van der Waals surface area (Å²) in [6, 6.07) is 2.48. The third-order valence-corrected chi connectivity index (χ3v) is 8.46. The summed E-state index contributed by atoms with van der Waals surface area (Å²) in [7, 11) is 0. The predicted molar refractivity (Wildman–Crippen MR) is 136 cm³/mol. The Hall–Kier alpha value is -0.970. The van der Waals surface area contributed by atoms with Crippen molar-refractivity contribution in [2.45, 2.75) is 104 Å². The van der Waals surface area contributed by atoms with Crippen LogP contribution in [0.4, 0.5) is 0 Å². The molecule has 2 heterocycles. The van der Waals surface area contributed by atoms with Crippen molar-refractivity contribution in [2.24, 2.45) is 10.4 Å². The summed E-state index contributed by atoms with van der Waals surface area (Å²) in [5.74, 6) is 0.729. The van der Waals surface area contributed by atoms with Gasteiger partial charge in [-0.15, -0.1) is 11.3 Å². The molecular weight excluding hydrogens is 400 g/mol. The maximum absolute atomic E-state index is 9.82. The first kappa shape index (κ1) is 24.7. The number of unbranched alkanes of at least 4 members (excludes halogenated alkanes) is 1.